The molecule has 2 heterocycles. The van der Waals surface area contributed by atoms with Crippen molar-refractivity contribution in [2.75, 3.05) is 24.6 Å². The number of carbonyl (C=O) groups is 1. The molecule has 2 aliphatic rings. The Kier molecular flexibility index (Phi) is 7.27. The number of hydrogen-bond acceptors (Lipinski definition) is 3. The molecule has 2 aliphatic heterocycles. The van der Waals surface area contributed by atoms with Crippen molar-refractivity contribution >= 4 is 24.8 Å². The van der Waals surface area contributed by atoms with E-state index in [9.17, 15) is 17.7 Å². The number of rotatable bonds is 1. The number of amides is 1. The molecule has 2 rings (SSSR count). The standard InChI is InChI=1S/C13H22BF3NO2S.K/c1-12(2,3)20-11(19)18-8-10(14(15,16)17)13(9-18)4-6-21-7-5-13;/h10H,4-9H2,1-3H3;/q-1;+1. The molecule has 2 saturated heterocycles. The van der Waals surface area contributed by atoms with E-state index >= 15 is 0 Å². The van der Waals surface area contributed by atoms with Crippen LogP contribution in [0.25, 0.3) is 0 Å². The van der Waals surface area contributed by atoms with Crippen LogP contribution in [0.2, 0.25) is 5.82 Å². The predicted molar refractivity (Wildman–Crippen MR) is 79.6 cm³/mol. The summed E-state index contributed by atoms with van der Waals surface area (Å²) in [7, 11) is 0. The van der Waals surface area contributed by atoms with Gasteiger partial charge < -0.3 is 22.6 Å². The summed E-state index contributed by atoms with van der Waals surface area (Å²) >= 11 is 1.69. The molecule has 3 nitrogen and oxygen atoms in total. The third-order valence-electron chi connectivity index (χ3n) is 4.31. The maximum atomic E-state index is 13.4. The fraction of sp³-hybridized carbons (Fsp3) is 0.923. The molecule has 2 fully saturated rings. The minimum atomic E-state index is -4.95. The van der Waals surface area contributed by atoms with Gasteiger partial charge in [-0.2, -0.15) is 11.8 Å². The van der Waals surface area contributed by atoms with Crippen LogP contribution in [0.5, 0.6) is 0 Å². The van der Waals surface area contributed by atoms with Crippen molar-refractivity contribution in [3.05, 3.63) is 0 Å². The predicted octanol–water partition coefficient (Wildman–Crippen LogP) is 0.972. The third kappa shape index (κ3) is 5.05. The first-order valence-electron chi connectivity index (χ1n) is 7.29. The van der Waals surface area contributed by atoms with Crippen LogP contribution in [0.15, 0.2) is 0 Å². The second-order valence-electron chi connectivity index (χ2n) is 7.07. The number of hydrogen-bond donors (Lipinski definition) is 0. The fourth-order valence-corrected chi connectivity index (χ4v) is 4.59. The van der Waals surface area contributed by atoms with E-state index in [4.69, 9.17) is 4.74 Å². The minimum Gasteiger partial charge on any atom is -0.449 e. The number of ether oxygens (including phenoxy) is 1. The summed E-state index contributed by atoms with van der Waals surface area (Å²) in [6.45, 7) is 0.141. The van der Waals surface area contributed by atoms with Gasteiger partial charge in [0.2, 0.25) is 0 Å². The quantitative estimate of drug-likeness (QED) is 0.651. The van der Waals surface area contributed by atoms with Crippen molar-refractivity contribution in [2.24, 2.45) is 5.41 Å². The van der Waals surface area contributed by atoms with Crippen LogP contribution in [-0.2, 0) is 4.74 Å². The largest absolute Gasteiger partial charge is 1.00 e. The maximum absolute atomic E-state index is 13.4. The maximum Gasteiger partial charge on any atom is 1.00 e. The van der Waals surface area contributed by atoms with E-state index in [1.807, 2.05) is 0 Å². The van der Waals surface area contributed by atoms with Crippen LogP contribution in [0.1, 0.15) is 33.6 Å². The smallest absolute Gasteiger partial charge is 0.449 e. The first kappa shape index (κ1) is 21.2. The van der Waals surface area contributed by atoms with Crippen molar-refractivity contribution in [1.82, 2.24) is 4.90 Å². The van der Waals surface area contributed by atoms with Crippen molar-refractivity contribution in [1.29, 1.82) is 0 Å². The summed E-state index contributed by atoms with van der Waals surface area (Å²) in [4.78, 5) is 13.4. The Bertz CT molecular complexity index is 411. The Balaban J connectivity index is 0.00000242. The molecule has 1 spiro atoms. The van der Waals surface area contributed by atoms with Gasteiger partial charge in [0, 0.05) is 13.1 Å². The monoisotopic (exact) mass is 363 g/mol. The first-order chi connectivity index (χ1) is 9.54. The molecule has 122 valence electrons. The van der Waals surface area contributed by atoms with Crippen LogP contribution in [-0.4, -0.2) is 48.2 Å². The van der Waals surface area contributed by atoms with Gasteiger partial charge in [-0.15, -0.1) is 0 Å². The van der Waals surface area contributed by atoms with Gasteiger partial charge in [0.05, 0.1) is 0 Å². The van der Waals surface area contributed by atoms with Crippen molar-refractivity contribution in [3.63, 3.8) is 0 Å². The van der Waals surface area contributed by atoms with Crippen LogP contribution >= 0.6 is 11.8 Å². The summed E-state index contributed by atoms with van der Waals surface area (Å²) < 4.78 is 45.6. The van der Waals surface area contributed by atoms with Crippen LogP contribution in [0, 0.1) is 5.41 Å². The zero-order valence-electron chi connectivity index (χ0n) is 13.7. The molecular weight excluding hydrogens is 341 g/mol. The van der Waals surface area contributed by atoms with Gasteiger partial charge in [0.15, 0.2) is 0 Å². The first-order valence-corrected chi connectivity index (χ1v) is 8.45. The molecule has 1 unspecified atom stereocenters. The van der Waals surface area contributed by atoms with Gasteiger partial charge in [-0.3, -0.25) is 0 Å². The summed E-state index contributed by atoms with van der Waals surface area (Å²) in [5, 5.41) is 0. The van der Waals surface area contributed by atoms with Gasteiger partial charge in [-0.05, 0) is 56.4 Å². The zero-order valence-corrected chi connectivity index (χ0v) is 17.6. The van der Waals surface area contributed by atoms with E-state index in [-0.39, 0.29) is 64.5 Å². The van der Waals surface area contributed by atoms with Crippen molar-refractivity contribution in [2.45, 2.75) is 45.0 Å². The van der Waals surface area contributed by atoms with Crippen LogP contribution in [0.3, 0.4) is 0 Å². The SMILES string of the molecule is CC(C)(C)OC(=O)N1CC([B-](F)(F)F)C2(CCSCC2)C1.[K+]. The molecule has 1 atom stereocenters. The number of nitrogens with zero attached hydrogens (tertiary/aromatic N) is 1. The van der Waals surface area contributed by atoms with Crippen LogP contribution in [0.4, 0.5) is 17.7 Å². The normalized spacial score (nSPS) is 25.0. The molecular formula is C13H22BF3KNO2S. The van der Waals surface area contributed by atoms with Crippen LogP contribution < -0.4 is 51.4 Å². The molecule has 0 bridgehead atoms. The summed E-state index contributed by atoms with van der Waals surface area (Å²) in [5.41, 5.74) is -1.48. The van der Waals surface area contributed by atoms with E-state index in [1.165, 1.54) is 4.90 Å². The summed E-state index contributed by atoms with van der Waals surface area (Å²) in [6.07, 6.45) is 0.439. The molecule has 9 heteroatoms. The van der Waals surface area contributed by atoms with Gasteiger partial charge in [-0.25, -0.2) is 4.79 Å². The molecule has 0 aliphatic carbocycles. The molecule has 0 N–H and O–H groups in total. The average molecular weight is 363 g/mol. The Morgan fingerprint density at radius 3 is 2.27 bits per heavy atom. The minimum absolute atomic E-state index is 0. The molecule has 0 radical (unpaired) electrons. The number of likely N-dealkylation sites (tertiary alicyclic amines) is 1. The van der Waals surface area contributed by atoms with Crippen molar-refractivity contribution in [3.8, 4) is 0 Å². The second-order valence-corrected chi connectivity index (χ2v) is 8.29. The van der Waals surface area contributed by atoms with Gasteiger partial charge in [0.1, 0.15) is 5.60 Å². The van der Waals surface area contributed by atoms with E-state index in [2.05, 4.69) is 0 Å². The number of halogens is 3. The molecule has 22 heavy (non-hydrogen) atoms. The second kappa shape index (κ2) is 7.56. The summed E-state index contributed by atoms with van der Waals surface area (Å²) in [5.74, 6) is 0.112. The van der Waals surface area contributed by atoms with E-state index in [0.29, 0.717) is 12.8 Å². The van der Waals surface area contributed by atoms with Crippen molar-refractivity contribution < 1.29 is 73.9 Å². The molecule has 0 aromatic carbocycles. The van der Waals surface area contributed by atoms with Gasteiger partial charge in [0.25, 0.3) is 0 Å². The topological polar surface area (TPSA) is 29.5 Å². The van der Waals surface area contributed by atoms with Gasteiger partial charge >= 0.3 is 64.5 Å². The Hall–Kier alpha value is 1.11. The Morgan fingerprint density at radius 1 is 1.27 bits per heavy atom. The fourth-order valence-electron chi connectivity index (χ4n) is 3.29. The Labute approximate surface area is 176 Å². The molecule has 0 aromatic heterocycles. The Morgan fingerprint density at radius 2 is 1.82 bits per heavy atom. The molecule has 0 aromatic rings. The van der Waals surface area contributed by atoms with E-state index in [0.717, 1.165) is 11.5 Å². The number of thioether (sulfide) groups is 1. The third-order valence-corrected chi connectivity index (χ3v) is 5.29. The number of carbonyl (C=O) groups excluding carboxylic acids is 1. The molecule has 0 saturated carbocycles. The molecule has 1 amide bonds. The summed E-state index contributed by atoms with van der Waals surface area (Å²) in [6, 6.07) is 0. The van der Waals surface area contributed by atoms with E-state index in [1.54, 1.807) is 32.5 Å². The average Bonchev–Trinajstić information content (AvgIpc) is 2.67. The van der Waals surface area contributed by atoms with E-state index < -0.39 is 29.9 Å². The van der Waals surface area contributed by atoms with Gasteiger partial charge in [-0.1, -0.05) is 0 Å². The zero-order chi connectivity index (χ0) is 15.9.